The molecule has 1 aromatic rings. The molecule has 1 heterocycles. The van der Waals surface area contributed by atoms with Gasteiger partial charge in [-0.1, -0.05) is 12.1 Å². The van der Waals surface area contributed by atoms with Crippen molar-refractivity contribution < 1.29 is 13.5 Å². The fraction of sp³-hybridized carbons (Fsp3) is 0.538. The molecule has 0 saturated heterocycles. The summed E-state index contributed by atoms with van der Waals surface area (Å²) in [6.07, 6.45) is 0.948. The first-order valence-electron chi connectivity index (χ1n) is 6.16. The largest absolute Gasteiger partial charge is 0.391 e. The first kappa shape index (κ1) is 13.5. The molecular weight excluding hydrogens is 250 g/mol. The van der Waals surface area contributed by atoms with E-state index in [9.17, 15) is 13.5 Å². The molecule has 2 atom stereocenters. The third kappa shape index (κ3) is 2.43. The van der Waals surface area contributed by atoms with E-state index in [0.717, 1.165) is 17.5 Å². The number of benzene rings is 1. The first-order valence-corrected chi connectivity index (χ1v) is 7.82. The fourth-order valence-corrected chi connectivity index (χ4v) is 4.12. The highest BCUT2D eigenvalue weighted by atomic mass is 32.2. The average Bonchev–Trinajstić information content (AvgIpc) is 2.28. The van der Waals surface area contributed by atoms with Gasteiger partial charge in [-0.25, -0.2) is 8.42 Å². The maximum Gasteiger partial charge on any atom is 0.178 e. The molecule has 5 heteroatoms. The number of nitrogens with one attached hydrogen (secondary N) is 1. The number of likely N-dealkylation sites (N-methyl/N-ethyl adjacent to an activating group) is 1. The van der Waals surface area contributed by atoms with Gasteiger partial charge in [-0.15, -0.1) is 0 Å². The van der Waals surface area contributed by atoms with E-state index in [-0.39, 0.29) is 11.8 Å². The molecule has 2 N–H and O–H groups in total. The van der Waals surface area contributed by atoms with Crippen molar-refractivity contribution in [3.05, 3.63) is 29.3 Å². The quantitative estimate of drug-likeness (QED) is 0.860. The van der Waals surface area contributed by atoms with Crippen molar-refractivity contribution >= 4 is 9.84 Å². The number of fused-ring (bicyclic) bond motifs is 1. The second-order valence-corrected chi connectivity index (χ2v) is 6.87. The Labute approximate surface area is 108 Å². The first-order chi connectivity index (χ1) is 8.45. The van der Waals surface area contributed by atoms with E-state index in [1.54, 1.807) is 26.1 Å². The van der Waals surface area contributed by atoms with Gasteiger partial charge in [-0.2, -0.15) is 0 Å². The Bertz CT molecular complexity index is 537. The zero-order valence-corrected chi connectivity index (χ0v) is 11.5. The highest BCUT2D eigenvalue weighted by molar-refractivity contribution is 7.91. The summed E-state index contributed by atoms with van der Waals surface area (Å²) in [5.41, 5.74) is 1.81. The molecule has 0 aromatic heterocycles. The minimum Gasteiger partial charge on any atom is -0.391 e. The molecule has 1 aliphatic rings. The van der Waals surface area contributed by atoms with Crippen molar-refractivity contribution in [3.8, 4) is 0 Å². The van der Waals surface area contributed by atoms with Crippen LogP contribution in [0.15, 0.2) is 23.1 Å². The smallest absolute Gasteiger partial charge is 0.178 e. The van der Waals surface area contributed by atoms with E-state index in [2.05, 4.69) is 5.32 Å². The molecule has 2 unspecified atom stereocenters. The number of hydrogen-bond donors (Lipinski definition) is 2. The van der Waals surface area contributed by atoms with Gasteiger partial charge >= 0.3 is 0 Å². The van der Waals surface area contributed by atoms with Crippen LogP contribution >= 0.6 is 0 Å². The highest BCUT2D eigenvalue weighted by Crippen LogP contribution is 2.28. The second kappa shape index (κ2) is 4.99. The van der Waals surface area contributed by atoms with Crippen molar-refractivity contribution in [2.75, 3.05) is 12.8 Å². The number of aliphatic hydroxyl groups is 1. The van der Waals surface area contributed by atoms with Gasteiger partial charge in [-0.3, -0.25) is 0 Å². The van der Waals surface area contributed by atoms with Gasteiger partial charge in [0.25, 0.3) is 0 Å². The maximum atomic E-state index is 11.9. The predicted octanol–water partition coefficient (Wildman–Crippen LogP) is 1.05. The van der Waals surface area contributed by atoms with Crippen LogP contribution in [0.25, 0.3) is 0 Å². The Kier molecular flexibility index (Phi) is 3.75. The van der Waals surface area contributed by atoms with Gasteiger partial charge in [0.1, 0.15) is 0 Å². The van der Waals surface area contributed by atoms with Crippen molar-refractivity contribution in [1.82, 2.24) is 5.32 Å². The average molecular weight is 269 g/mol. The molecule has 0 saturated carbocycles. The predicted molar refractivity (Wildman–Crippen MR) is 70.3 cm³/mol. The third-order valence-corrected chi connectivity index (χ3v) is 5.33. The number of sulfone groups is 1. The molecule has 1 aromatic carbocycles. The van der Waals surface area contributed by atoms with Gasteiger partial charge in [0.15, 0.2) is 9.84 Å². The Morgan fingerprint density at radius 1 is 1.39 bits per heavy atom. The lowest BCUT2D eigenvalue weighted by Crippen LogP contribution is -2.27. The molecule has 0 spiro atoms. The van der Waals surface area contributed by atoms with Crippen molar-refractivity contribution in [2.24, 2.45) is 0 Å². The summed E-state index contributed by atoms with van der Waals surface area (Å²) in [6.45, 7) is 1.72. The molecule has 18 heavy (non-hydrogen) atoms. The monoisotopic (exact) mass is 269 g/mol. The second-order valence-electron chi connectivity index (χ2n) is 4.80. The van der Waals surface area contributed by atoms with E-state index in [1.807, 2.05) is 6.07 Å². The summed E-state index contributed by atoms with van der Waals surface area (Å²) in [5, 5.41) is 12.7. The normalized spacial score (nSPS) is 21.1. The lowest BCUT2D eigenvalue weighted by atomic mass is 9.98. The van der Waals surface area contributed by atoms with Crippen molar-refractivity contribution in [3.63, 3.8) is 0 Å². The SMILES string of the molecule is CNC(c1ccc2c(c1)CCCS2(=O)=O)C(C)O. The summed E-state index contributed by atoms with van der Waals surface area (Å²) in [5.74, 6) is 0.241. The lowest BCUT2D eigenvalue weighted by molar-refractivity contribution is 0.150. The zero-order chi connectivity index (χ0) is 13.3. The molecule has 4 nitrogen and oxygen atoms in total. The van der Waals surface area contributed by atoms with Gasteiger partial charge in [0.05, 0.1) is 22.8 Å². The molecular formula is C13H19NO3S. The zero-order valence-electron chi connectivity index (χ0n) is 10.7. The summed E-state index contributed by atoms with van der Waals surface area (Å²) in [6, 6.07) is 5.20. The number of aryl methyl sites for hydroxylation is 1. The van der Waals surface area contributed by atoms with Gasteiger partial charge in [0, 0.05) is 0 Å². The van der Waals surface area contributed by atoms with Crippen LogP contribution in [-0.4, -0.2) is 32.4 Å². The minimum atomic E-state index is -3.09. The molecule has 0 radical (unpaired) electrons. The standard InChI is InChI=1S/C13H19NO3S/c1-9(15)13(14-2)11-5-6-12-10(8-11)4-3-7-18(12,16)17/h5-6,8-9,13-15H,3-4,7H2,1-2H3. The Morgan fingerprint density at radius 2 is 2.11 bits per heavy atom. The fourth-order valence-electron chi connectivity index (χ4n) is 2.54. The van der Waals surface area contributed by atoms with E-state index < -0.39 is 15.9 Å². The van der Waals surface area contributed by atoms with E-state index in [0.29, 0.717) is 11.3 Å². The van der Waals surface area contributed by atoms with Crippen LogP contribution in [0.3, 0.4) is 0 Å². The van der Waals surface area contributed by atoms with Crippen LogP contribution in [0.1, 0.15) is 30.5 Å². The molecule has 0 aliphatic carbocycles. The number of rotatable bonds is 3. The van der Waals surface area contributed by atoms with E-state index in [1.165, 1.54) is 0 Å². The van der Waals surface area contributed by atoms with Crippen LogP contribution in [0, 0.1) is 0 Å². The Balaban J connectivity index is 2.45. The maximum absolute atomic E-state index is 11.9. The van der Waals surface area contributed by atoms with Crippen LogP contribution in [0.5, 0.6) is 0 Å². The van der Waals surface area contributed by atoms with Gasteiger partial charge in [0.2, 0.25) is 0 Å². The minimum absolute atomic E-state index is 0.167. The molecule has 0 bridgehead atoms. The summed E-state index contributed by atoms with van der Waals surface area (Å²) < 4.78 is 23.8. The van der Waals surface area contributed by atoms with Crippen molar-refractivity contribution in [2.45, 2.75) is 36.8 Å². The molecule has 0 fully saturated rings. The van der Waals surface area contributed by atoms with Crippen LogP contribution in [0.4, 0.5) is 0 Å². The van der Waals surface area contributed by atoms with Gasteiger partial charge in [-0.05, 0) is 44.0 Å². The topological polar surface area (TPSA) is 66.4 Å². The Hall–Kier alpha value is -0.910. The Morgan fingerprint density at radius 3 is 2.72 bits per heavy atom. The van der Waals surface area contributed by atoms with Crippen LogP contribution in [0.2, 0.25) is 0 Å². The van der Waals surface area contributed by atoms with E-state index >= 15 is 0 Å². The molecule has 2 rings (SSSR count). The summed E-state index contributed by atoms with van der Waals surface area (Å²) >= 11 is 0. The lowest BCUT2D eigenvalue weighted by Gasteiger charge is -2.23. The summed E-state index contributed by atoms with van der Waals surface area (Å²) in [4.78, 5) is 0.456. The highest BCUT2D eigenvalue weighted by Gasteiger charge is 2.25. The van der Waals surface area contributed by atoms with Crippen LogP contribution in [-0.2, 0) is 16.3 Å². The summed E-state index contributed by atoms with van der Waals surface area (Å²) in [7, 11) is -1.31. The number of aliphatic hydroxyl groups excluding tert-OH is 1. The number of hydrogen-bond acceptors (Lipinski definition) is 4. The molecule has 0 amide bonds. The van der Waals surface area contributed by atoms with Crippen molar-refractivity contribution in [1.29, 1.82) is 0 Å². The van der Waals surface area contributed by atoms with Gasteiger partial charge < -0.3 is 10.4 Å². The molecule has 100 valence electrons. The third-order valence-electron chi connectivity index (χ3n) is 3.43. The van der Waals surface area contributed by atoms with E-state index in [4.69, 9.17) is 0 Å². The molecule has 1 aliphatic heterocycles. The van der Waals surface area contributed by atoms with Crippen LogP contribution < -0.4 is 5.32 Å².